The van der Waals surface area contributed by atoms with Gasteiger partial charge >= 0.3 is 0 Å². The second kappa shape index (κ2) is 6.89. The van der Waals surface area contributed by atoms with Gasteiger partial charge in [0.1, 0.15) is 0 Å². The molecule has 3 aromatic rings. The van der Waals surface area contributed by atoms with Crippen LogP contribution < -0.4 is 5.32 Å². The first-order valence-electron chi connectivity index (χ1n) is 7.40. The van der Waals surface area contributed by atoms with Gasteiger partial charge in [-0.2, -0.15) is 5.10 Å². The highest BCUT2D eigenvalue weighted by atomic mass is 32.1. The maximum absolute atomic E-state index is 12.4. The van der Waals surface area contributed by atoms with Crippen molar-refractivity contribution in [2.75, 3.05) is 13.2 Å². The number of hydrogen-bond acceptors (Lipinski definition) is 5. The molecular formula is C16H18N4O2S. The van der Waals surface area contributed by atoms with Crippen LogP contribution in [0.5, 0.6) is 0 Å². The fourth-order valence-electron chi connectivity index (χ4n) is 2.46. The highest BCUT2D eigenvalue weighted by molar-refractivity contribution is 7.09. The number of nitrogens with zero attached hydrogens (tertiary/aromatic N) is 3. The van der Waals surface area contributed by atoms with Crippen LogP contribution >= 0.6 is 11.3 Å². The SMILES string of the molecule is Cc1c(C(=O)NCC(CO)Cc2cccs2)cnc2ccnn12. The van der Waals surface area contributed by atoms with Crippen molar-refractivity contribution in [1.29, 1.82) is 0 Å². The lowest BCUT2D eigenvalue weighted by Gasteiger charge is -2.15. The van der Waals surface area contributed by atoms with Gasteiger partial charge in [0.2, 0.25) is 0 Å². The van der Waals surface area contributed by atoms with Crippen molar-refractivity contribution in [3.05, 3.63) is 52.1 Å². The Bertz CT molecular complexity index is 798. The summed E-state index contributed by atoms with van der Waals surface area (Å²) >= 11 is 1.66. The average Bonchev–Trinajstić information content (AvgIpc) is 3.23. The molecule has 3 heterocycles. The van der Waals surface area contributed by atoms with Crippen molar-refractivity contribution in [3.63, 3.8) is 0 Å². The summed E-state index contributed by atoms with van der Waals surface area (Å²) < 4.78 is 1.64. The van der Waals surface area contributed by atoms with Gasteiger partial charge in [-0.15, -0.1) is 11.3 Å². The lowest BCUT2D eigenvalue weighted by molar-refractivity contribution is 0.0938. The molecule has 0 saturated heterocycles. The second-order valence-corrected chi connectivity index (χ2v) is 6.43. The Balaban J connectivity index is 1.66. The van der Waals surface area contributed by atoms with Crippen LogP contribution in [0.3, 0.4) is 0 Å². The number of hydrogen-bond donors (Lipinski definition) is 2. The van der Waals surface area contributed by atoms with E-state index in [0.717, 1.165) is 12.1 Å². The number of aliphatic hydroxyl groups is 1. The van der Waals surface area contributed by atoms with Gasteiger partial charge in [-0.1, -0.05) is 6.07 Å². The number of aliphatic hydroxyl groups excluding tert-OH is 1. The number of fused-ring (bicyclic) bond motifs is 1. The zero-order chi connectivity index (χ0) is 16.2. The molecule has 120 valence electrons. The molecule has 3 rings (SSSR count). The Morgan fingerprint density at radius 1 is 1.48 bits per heavy atom. The Hall–Kier alpha value is -2.25. The standard InChI is InChI=1S/C16H18N4O2S/c1-11-14(9-17-15-4-5-19-20(11)15)16(22)18-8-12(10-21)7-13-3-2-6-23-13/h2-6,9,12,21H,7-8,10H2,1H3,(H,18,22). The average molecular weight is 330 g/mol. The van der Waals surface area contributed by atoms with Gasteiger partial charge < -0.3 is 10.4 Å². The third kappa shape index (κ3) is 3.40. The summed E-state index contributed by atoms with van der Waals surface area (Å²) in [5.74, 6) is -0.198. The molecule has 6 nitrogen and oxygen atoms in total. The molecule has 0 aliphatic heterocycles. The van der Waals surface area contributed by atoms with E-state index in [1.807, 2.05) is 24.4 Å². The Morgan fingerprint density at radius 2 is 2.35 bits per heavy atom. The summed E-state index contributed by atoms with van der Waals surface area (Å²) in [6, 6.07) is 5.81. The maximum atomic E-state index is 12.4. The quantitative estimate of drug-likeness (QED) is 0.721. The van der Waals surface area contributed by atoms with Gasteiger partial charge in [-0.05, 0) is 24.8 Å². The summed E-state index contributed by atoms with van der Waals surface area (Å²) in [6.45, 7) is 2.29. The van der Waals surface area contributed by atoms with E-state index in [4.69, 9.17) is 0 Å². The van der Waals surface area contributed by atoms with E-state index >= 15 is 0 Å². The Labute approximate surface area is 137 Å². The molecule has 7 heteroatoms. The maximum Gasteiger partial charge on any atom is 0.254 e. The minimum atomic E-state index is -0.197. The predicted molar refractivity (Wildman–Crippen MR) is 88.7 cm³/mol. The van der Waals surface area contributed by atoms with E-state index < -0.39 is 0 Å². The first kappa shape index (κ1) is 15.6. The van der Waals surface area contributed by atoms with Gasteiger partial charge in [0.05, 0.1) is 17.5 Å². The first-order chi connectivity index (χ1) is 11.2. The van der Waals surface area contributed by atoms with Gasteiger partial charge in [0, 0.05) is 36.2 Å². The fourth-order valence-corrected chi connectivity index (χ4v) is 3.28. The zero-order valence-corrected chi connectivity index (χ0v) is 13.6. The summed E-state index contributed by atoms with van der Waals surface area (Å²) in [6.07, 6.45) is 3.97. The number of rotatable bonds is 6. The van der Waals surface area contributed by atoms with Gasteiger partial charge in [-0.3, -0.25) is 4.79 Å². The highest BCUT2D eigenvalue weighted by Crippen LogP contribution is 2.14. The van der Waals surface area contributed by atoms with Crippen LogP contribution in [0.1, 0.15) is 20.9 Å². The fraction of sp³-hybridized carbons (Fsp3) is 0.312. The molecule has 0 saturated carbocycles. The topological polar surface area (TPSA) is 79.5 Å². The van der Waals surface area contributed by atoms with E-state index in [9.17, 15) is 9.90 Å². The van der Waals surface area contributed by atoms with Crippen LogP contribution in [0.15, 0.2) is 36.0 Å². The van der Waals surface area contributed by atoms with Crippen molar-refractivity contribution in [1.82, 2.24) is 19.9 Å². The molecule has 0 radical (unpaired) electrons. The van der Waals surface area contributed by atoms with E-state index in [1.54, 1.807) is 34.3 Å². The number of carbonyl (C=O) groups excluding carboxylic acids is 1. The molecule has 23 heavy (non-hydrogen) atoms. The van der Waals surface area contributed by atoms with Gasteiger partial charge in [-0.25, -0.2) is 9.50 Å². The monoisotopic (exact) mass is 330 g/mol. The first-order valence-corrected chi connectivity index (χ1v) is 8.27. The number of nitrogens with one attached hydrogen (secondary N) is 1. The van der Waals surface area contributed by atoms with Crippen molar-refractivity contribution < 1.29 is 9.90 Å². The molecule has 0 aliphatic carbocycles. The third-order valence-electron chi connectivity index (χ3n) is 3.78. The Morgan fingerprint density at radius 3 is 3.09 bits per heavy atom. The number of carbonyl (C=O) groups is 1. The predicted octanol–water partition coefficient (Wildman–Crippen LogP) is 1.68. The van der Waals surface area contributed by atoms with Crippen LogP contribution in [0, 0.1) is 12.8 Å². The van der Waals surface area contributed by atoms with Crippen molar-refractivity contribution in [3.8, 4) is 0 Å². The summed E-state index contributed by atoms with van der Waals surface area (Å²) in [4.78, 5) is 17.8. The molecule has 1 atom stereocenters. The molecular weight excluding hydrogens is 312 g/mol. The summed E-state index contributed by atoms with van der Waals surface area (Å²) in [7, 11) is 0. The second-order valence-electron chi connectivity index (χ2n) is 5.40. The van der Waals surface area contributed by atoms with Gasteiger partial charge in [0.25, 0.3) is 5.91 Å². The van der Waals surface area contributed by atoms with E-state index in [-0.39, 0.29) is 18.4 Å². The molecule has 0 spiro atoms. The lowest BCUT2D eigenvalue weighted by atomic mass is 10.1. The molecule has 0 aliphatic rings. The third-order valence-corrected chi connectivity index (χ3v) is 4.68. The van der Waals surface area contributed by atoms with Crippen molar-refractivity contribution in [2.45, 2.75) is 13.3 Å². The van der Waals surface area contributed by atoms with Crippen LogP contribution in [-0.4, -0.2) is 38.8 Å². The van der Waals surface area contributed by atoms with Crippen LogP contribution in [0.4, 0.5) is 0 Å². The summed E-state index contributed by atoms with van der Waals surface area (Å²) in [5, 5.41) is 18.6. The molecule has 3 aromatic heterocycles. The molecule has 2 N–H and O–H groups in total. The number of aryl methyl sites for hydroxylation is 1. The van der Waals surface area contributed by atoms with E-state index in [1.165, 1.54) is 4.88 Å². The van der Waals surface area contributed by atoms with E-state index in [2.05, 4.69) is 15.4 Å². The highest BCUT2D eigenvalue weighted by Gasteiger charge is 2.15. The van der Waals surface area contributed by atoms with Crippen LogP contribution in [-0.2, 0) is 6.42 Å². The number of aromatic nitrogens is 3. The van der Waals surface area contributed by atoms with Crippen molar-refractivity contribution >= 4 is 22.9 Å². The van der Waals surface area contributed by atoms with E-state index in [0.29, 0.717) is 17.8 Å². The Kier molecular flexibility index (Phi) is 4.68. The number of amides is 1. The molecule has 0 aromatic carbocycles. The molecule has 1 unspecified atom stereocenters. The largest absolute Gasteiger partial charge is 0.396 e. The lowest BCUT2D eigenvalue weighted by Crippen LogP contribution is -2.32. The number of thiophene rings is 1. The zero-order valence-electron chi connectivity index (χ0n) is 12.8. The normalized spacial score (nSPS) is 12.4. The van der Waals surface area contributed by atoms with Crippen LogP contribution in [0.2, 0.25) is 0 Å². The van der Waals surface area contributed by atoms with Crippen LogP contribution in [0.25, 0.3) is 5.65 Å². The minimum Gasteiger partial charge on any atom is -0.396 e. The molecule has 1 amide bonds. The molecule has 0 bridgehead atoms. The molecule has 0 fully saturated rings. The summed E-state index contributed by atoms with van der Waals surface area (Å²) in [5.41, 5.74) is 1.95. The smallest absolute Gasteiger partial charge is 0.254 e. The minimum absolute atomic E-state index is 0.000648. The van der Waals surface area contributed by atoms with Crippen molar-refractivity contribution in [2.24, 2.45) is 5.92 Å². The van der Waals surface area contributed by atoms with Gasteiger partial charge in [0.15, 0.2) is 5.65 Å².